The molecule has 1 N–H and O–H groups in total. The van der Waals surface area contributed by atoms with E-state index in [1.54, 1.807) is 18.2 Å². The van der Waals surface area contributed by atoms with Crippen molar-refractivity contribution in [2.24, 2.45) is 0 Å². The topological polar surface area (TPSA) is 73.9 Å². The Morgan fingerprint density at radius 1 is 1.19 bits per heavy atom. The van der Waals surface area contributed by atoms with E-state index in [1.807, 2.05) is 0 Å². The summed E-state index contributed by atoms with van der Waals surface area (Å²) in [5.74, 6) is -0.583. The van der Waals surface area contributed by atoms with Gasteiger partial charge < -0.3 is 19.5 Å². The zero-order valence-corrected chi connectivity index (χ0v) is 15.2. The van der Waals surface area contributed by atoms with E-state index in [0.29, 0.717) is 27.3 Å². The number of hydrogen-bond acceptors (Lipinski definition) is 6. The van der Waals surface area contributed by atoms with Crippen molar-refractivity contribution in [2.45, 2.75) is 0 Å². The molecule has 0 unspecified atom stereocenters. The van der Waals surface area contributed by atoms with Crippen molar-refractivity contribution in [1.29, 1.82) is 0 Å². The van der Waals surface area contributed by atoms with Crippen LogP contribution in [0, 0.1) is 5.82 Å². The predicted octanol–water partition coefficient (Wildman–Crippen LogP) is 4.22. The van der Waals surface area contributed by atoms with Crippen molar-refractivity contribution in [3.63, 3.8) is 0 Å². The normalized spacial score (nSPS) is 12.2. The molecule has 1 aliphatic rings. The first kappa shape index (κ1) is 17.6. The quantitative estimate of drug-likeness (QED) is 0.655. The lowest BCUT2D eigenvalue weighted by atomic mass is 10.2. The van der Waals surface area contributed by atoms with Crippen molar-refractivity contribution >= 4 is 50.6 Å². The fourth-order valence-corrected chi connectivity index (χ4v) is 3.97. The van der Waals surface area contributed by atoms with Crippen LogP contribution in [0.2, 0.25) is 5.02 Å². The Bertz CT molecular complexity index is 1070. The van der Waals surface area contributed by atoms with Gasteiger partial charge in [-0.1, -0.05) is 11.6 Å². The molecular formula is C18H11ClFNO5S. The largest absolute Gasteiger partial charge is 0.454 e. The Hall–Kier alpha value is -2.84. The van der Waals surface area contributed by atoms with Crippen LogP contribution in [0.25, 0.3) is 10.1 Å². The molecular weight excluding hydrogens is 397 g/mol. The minimum atomic E-state index is -0.748. The monoisotopic (exact) mass is 407 g/mol. The van der Waals surface area contributed by atoms with Gasteiger partial charge in [-0.15, -0.1) is 11.3 Å². The third-order valence-corrected chi connectivity index (χ3v) is 5.40. The number of fused-ring (bicyclic) bond motifs is 2. The number of esters is 1. The molecule has 0 bridgehead atoms. The highest BCUT2D eigenvalue weighted by Gasteiger charge is 2.20. The molecule has 0 radical (unpaired) electrons. The van der Waals surface area contributed by atoms with Gasteiger partial charge in [-0.05, 0) is 30.3 Å². The van der Waals surface area contributed by atoms with Crippen LogP contribution in [0.1, 0.15) is 9.67 Å². The van der Waals surface area contributed by atoms with Crippen LogP contribution in [-0.2, 0) is 9.53 Å². The lowest BCUT2D eigenvalue weighted by Crippen LogP contribution is -2.20. The van der Waals surface area contributed by atoms with E-state index < -0.39 is 24.3 Å². The molecule has 6 nitrogen and oxygen atoms in total. The first-order valence-corrected chi connectivity index (χ1v) is 8.95. The van der Waals surface area contributed by atoms with Gasteiger partial charge in [0.15, 0.2) is 18.1 Å². The highest BCUT2D eigenvalue weighted by molar-refractivity contribution is 7.21. The van der Waals surface area contributed by atoms with E-state index in [2.05, 4.69) is 5.32 Å². The zero-order valence-electron chi connectivity index (χ0n) is 13.6. The van der Waals surface area contributed by atoms with Gasteiger partial charge in [-0.3, -0.25) is 4.79 Å². The molecule has 0 saturated carbocycles. The van der Waals surface area contributed by atoms with Gasteiger partial charge >= 0.3 is 5.97 Å². The molecule has 0 aliphatic carbocycles. The maximum absolute atomic E-state index is 13.3. The highest BCUT2D eigenvalue weighted by Crippen LogP contribution is 2.36. The number of hydrogen-bond donors (Lipinski definition) is 1. The summed E-state index contributed by atoms with van der Waals surface area (Å²) in [6.45, 7) is -0.365. The standard InChI is InChI=1S/C18H11ClFNO5S/c19-16-11-3-1-9(20)5-14(11)27-17(16)18(23)24-7-15(22)21-10-2-4-12-13(6-10)26-8-25-12/h1-6H,7-8H2,(H,21,22). The third-order valence-electron chi connectivity index (χ3n) is 3.77. The highest BCUT2D eigenvalue weighted by atomic mass is 35.5. The SMILES string of the molecule is O=C(COC(=O)c1sc2cc(F)ccc2c1Cl)Nc1ccc2c(c1)OCO2. The van der Waals surface area contributed by atoms with E-state index in [4.69, 9.17) is 25.8 Å². The Morgan fingerprint density at radius 3 is 2.85 bits per heavy atom. The molecule has 1 amide bonds. The maximum atomic E-state index is 13.3. The second kappa shape index (κ2) is 7.05. The maximum Gasteiger partial charge on any atom is 0.350 e. The van der Waals surface area contributed by atoms with E-state index in [0.717, 1.165) is 11.3 Å². The Labute approximate surface area is 161 Å². The Morgan fingerprint density at radius 2 is 2.00 bits per heavy atom. The number of thiophene rings is 1. The van der Waals surface area contributed by atoms with Gasteiger partial charge in [0.1, 0.15) is 10.7 Å². The van der Waals surface area contributed by atoms with Crippen LogP contribution in [0.5, 0.6) is 11.5 Å². The molecule has 9 heteroatoms. The molecule has 3 aromatic rings. The van der Waals surface area contributed by atoms with Gasteiger partial charge in [-0.25, -0.2) is 9.18 Å². The summed E-state index contributed by atoms with van der Waals surface area (Å²) in [6.07, 6.45) is 0. The molecule has 0 saturated heterocycles. The number of ether oxygens (including phenoxy) is 3. The average molecular weight is 408 g/mol. The van der Waals surface area contributed by atoms with E-state index in [-0.39, 0.29) is 16.7 Å². The van der Waals surface area contributed by atoms with E-state index in [1.165, 1.54) is 18.2 Å². The van der Waals surface area contributed by atoms with Crippen molar-refractivity contribution in [2.75, 3.05) is 18.7 Å². The molecule has 4 rings (SSSR count). The van der Waals surface area contributed by atoms with E-state index in [9.17, 15) is 14.0 Å². The number of nitrogens with one attached hydrogen (secondary N) is 1. The number of anilines is 1. The molecule has 0 fully saturated rings. The molecule has 0 spiro atoms. The number of amides is 1. The molecule has 138 valence electrons. The van der Waals surface area contributed by atoms with Crippen LogP contribution in [0.15, 0.2) is 36.4 Å². The molecule has 1 aromatic heterocycles. The second-order valence-electron chi connectivity index (χ2n) is 5.58. The number of halogens is 2. The minimum Gasteiger partial charge on any atom is -0.454 e. The van der Waals surface area contributed by atoms with Crippen molar-refractivity contribution < 1.29 is 28.2 Å². The molecule has 2 heterocycles. The number of carbonyl (C=O) groups is 2. The molecule has 0 atom stereocenters. The van der Waals surface area contributed by atoms with Crippen molar-refractivity contribution in [1.82, 2.24) is 0 Å². The Balaban J connectivity index is 1.40. The van der Waals surface area contributed by atoms with Gasteiger partial charge in [0.25, 0.3) is 5.91 Å². The fraction of sp³-hybridized carbons (Fsp3) is 0.111. The lowest BCUT2D eigenvalue weighted by molar-refractivity contribution is -0.119. The zero-order chi connectivity index (χ0) is 19.0. The second-order valence-corrected chi connectivity index (χ2v) is 7.01. The minimum absolute atomic E-state index is 0.119. The average Bonchev–Trinajstić information content (AvgIpc) is 3.23. The van der Waals surface area contributed by atoms with Gasteiger partial charge in [0, 0.05) is 21.8 Å². The lowest BCUT2D eigenvalue weighted by Gasteiger charge is -2.07. The van der Waals surface area contributed by atoms with Gasteiger partial charge in [0.2, 0.25) is 6.79 Å². The smallest absolute Gasteiger partial charge is 0.350 e. The van der Waals surface area contributed by atoms with Crippen LogP contribution >= 0.6 is 22.9 Å². The van der Waals surface area contributed by atoms with Crippen LogP contribution in [0.3, 0.4) is 0 Å². The third kappa shape index (κ3) is 3.54. The summed E-state index contributed by atoms with van der Waals surface area (Å²) in [5, 5.41) is 3.33. The first-order valence-electron chi connectivity index (χ1n) is 7.75. The molecule has 27 heavy (non-hydrogen) atoms. The summed E-state index contributed by atoms with van der Waals surface area (Å²) in [7, 11) is 0. The number of carbonyl (C=O) groups excluding carboxylic acids is 2. The van der Waals surface area contributed by atoms with Crippen LogP contribution in [-0.4, -0.2) is 25.3 Å². The van der Waals surface area contributed by atoms with Gasteiger partial charge in [-0.2, -0.15) is 0 Å². The van der Waals surface area contributed by atoms with Crippen LogP contribution in [0.4, 0.5) is 10.1 Å². The molecule has 2 aromatic carbocycles. The summed E-state index contributed by atoms with van der Waals surface area (Å²) in [6, 6.07) is 8.96. The Kier molecular flexibility index (Phi) is 4.59. The summed E-state index contributed by atoms with van der Waals surface area (Å²) < 4.78 is 29.3. The molecule has 1 aliphatic heterocycles. The number of rotatable bonds is 4. The van der Waals surface area contributed by atoms with Crippen molar-refractivity contribution in [3.8, 4) is 11.5 Å². The predicted molar refractivity (Wildman–Crippen MR) is 98.3 cm³/mol. The van der Waals surface area contributed by atoms with E-state index >= 15 is 0 Å². The fourth-order valence-electron chi connectivity index (χ4n) is 2.54. The number of benzene rings is 2. The van der Waals surface area contributed by atoms with Gasteiger partial charge in [0.05, 0.1) is 5.02 Å². The summed E-state index contributed by atoms with van der Waals surface area (Å²) in [5.41, 5.74) is 0.482. The van der Waals surface area contributed by atoms with Crippen LogP contribution < -0.4 is 14.8 Å². The summed E-state index contributed by atoms with van der Waals surface area (Å²) in [4.78, 5) is 24.4. The first-order chi connectivity index (χ1) is 13.0. The van der Waals surface area contributed by atoms with Crippen molar-refractivity contribution in [3.05, 3.63) is 52.1 Å². The summed E-state index contributed by atoms with van der Waals surface area (Å²) >= 11 is 7.17.